The number of hydrogen-bond donors (Lipinski definition) is 2. The molecule has 0 bridgehead atoms. The highest BCUT2D eigenvalue weighted by Gasteiger charge is 2.23. The van der Waals surface area contributed by atoms with E-state index < -0.39 is 0 Å². The van der Waals surface area contributed by atoms with E-state index in [0.29, 0.717) is 11.6 Å². The fraction of sp³-hybridized carbons (Fsp3) is 0.750. The highest BCUT2D eigenvalue weighted by Crippen LogP contribution is 2.21. The number of aliphatic hydroxyl groups excluding tert-OH is 1. The van der Waals surface area contributed by atoms with E-state index in [-0.39, 0.29) is 18.1 Å². The number of carbonyl (C=O) groups is 1. The molecule has 1 aliphatic carbocycles. The fourth-order valence-corrected chi connectivity index (χ4v) is 3.13. The third-order valence-corrected chi connectivity index (χ3v) is 4.61. The molecule has 1 saturated carbocycles. The summed E-state index contributed by atoms with van der Waals surface area (Å²) in [6, 6.07) is 0.535. The van der Waals surface area contributed by atoms with Crippen molar-refractivity contribution in [1.29, 1.82) is 0 Å². The molecular formula is C16H27N3O2. The molecule has 5 heteroatoms. The number of aliphatic hydroxyl groups is 1. The number of nitrogens with zero attached hydrogens (tertiary/aromatic N) is 2. The van der Waals surface area contributed by atoms with Crippen molar-refractivity contribution in [3.05, 3.63) is 17.5 Å². The van der Waals surface area contributed by atoms with Crippen LogP contribution in [0.25, 0.3) is 0 Å². The lowest BCUT2D eigenvalue weighted by molar-refractivity contribution is 0.0867. The first-order chi connectivity index (χ1) is 10.1. The maximum Gasteiger partial charge on any atom is 0.254 e. The molecule has 1 amide bonds. The van der Waals surface area contributed by atoms with Gasteiger partial charge in [0.25, 0.3) is 5.91 Å². The Hall–Kier alpha value is -1.36. The molecule has 0 spiro atoms. The van der Waals surface area contributed by atoms with Gasteiger partial charge in [-0.25, -0.2) is 0 Å². The minimum Gasteiger partial charge on any atom is -0.393 e. The SMILES string of the molecule is CCC(CC)n1ncc(C(=O)NC2CCC(O)CC2)c1C. The largest absolute Gasteiger partial charge is 0.393 e. The van der Waals surface area contributed by atoms with Gasteiger partial charge in [-0.15, -0.1) is 0 Å². The predicted molar refractivity (Wildman–Crippen MR) is 82.3 cm³/mol. The molecule has 1 aromatic rings. The molecule has 1 aliphatic rings. The van der Waals surface area contributed by atoms with E-state index in [9.17, 15) is 9.90 Å². The zero-order chi connectivity index (χ0) is 15.4. The molecule has 0 aliphatic heterocycles. The van der Waals surface area contributed by atoms with Gasteiger partial charge < -0.3 is 10.4 Å². The average molecular weight is 293 g/mol. The maximum absolute atomic E-state index is 12.4. The average Bonchev–Trinajstić information content (AvgIpc) is 2.85. The Balaban J connectivity index is 2.03. The molecule has 2 N–H and O–H groups in total. The molecule has 0 aromatic carbocycles. The summed E-state index contributed by atoms with van der Waals surface area (Å²) in [4.78, 5) is 12.4. The Kier molecular flexibility index (Phi) is 5.39. The fourth-order valence-electron chi connectivity index (χ4n) is 3.13. The molecule has 21 heavy (non-hydrogen) atoms. The van der Waals surface area contributed by atoms with Gasteiger partial charge in [-0.1, -0.05) is 13.8 Å². The molecule has 0 unspecified atom stereocenters. The summed E-state index contributed by atoms with van der Waals surface area (Å²) in [6.07, 6.45) is 6.77. The normalized spacial score (nSPS) is 22.5. The van der Waals surface area contributed by atoms with Gasteiger partial charge in [0.2, 0.25) is 0 Å². The quantitative estimate of drug-likeness (QED) is 0.877. The van der Waals surface area contributed by atoms with E-state index in [1.807, 2.05) is 11.6 Å². The van der Waals surface area contributed by atoms with E-state index >= 15 is 0 Å². The maximum atomic E-state index is 12.4. The Labute approximate surface area is 126 Å². The van der Waals surface area contributed by atoms with Crippen LogP contribution in [0.4, 0.5) is 0 Å². The van der Waals surface area contributed by atoms with Crippen molar-refractivity contribution < 1.29 is 9.90 Å². The van der Waals surface area contributed by atoms with E-state index in [0.717, 1.165) is 44.2 Å². The van der Waals surface area contributed by atoms with Crippen LogP contribution in [0, 0.1) is 6.92 Å². The molecule has 5 nitrogen and oxygen atoms in total. The summed E-state index contributed by atoms with van der Waals surface area (Å²) in [5, 5.41) is 17.0. The van der Waals surface area contributed by atoms with Gasteiger partial charge in [0.1, 0.15) is 0 Å². The molecule has 1 aromatic heterocycles. The first-order valence-corrected chi connectivity index (χ1v) is 8.09. The zero-order valence-corrected chi connectivity index (χ0v) is 13.3. The summed E-state index contributed by atoms with van der Waals surface area (Å²) in [6.45, 7) is 6.25. The molecular weight excluding hydrogens is 266 g/mol. The topological polar surface area (TPSA) is 67.2 Å². The summed E-state index contributed by atoms with van der Waals surface area (Å²) >= 11 is 0. The third kappa shape index (κ3) is 3.64. The predicted octanol–water partition coefficient (Wildman–Crippen LogP) is 2.59. The number of amides is 1. The summed E-state index contributed by atoms with van der Waals surface area (Å²) < 4.78 is 1.97. The van der Waals surface area contributed by atoms with Crippen molar-refractivity contribution in [2.45, 2.75) is 77.5 Å². The number of hydrogen-bond acceptors (Lipinski definition) is 3. The second-order valence-electron chi connectivity index (χ2n) is 6.04. The highest BCUT2D eigenvalue weighted by atomic mass is 16.3. The van der Waals surface area contributed by atoms with Gasteiger partial charge in [0, 0.05) is 11.7 Å². The smallest absolute Gasteiger partial charge is 0.254 e. The minimum atomic E-state index is -0.197. The standard InChI is InChI=1S/C16H27N3O2/c1-4-13(5-2)19-11(3)15(10-17-19)16(21)18-12-6-8-14(20)9-7-12/h10,12-14,20H,4-9H2,1-3H3,(H,18,21). The van der Waals surface area contributed by atoms with E-state index in [1.165, 1.54) is 0 Å². The number of rotatable bonds is 5. The van der Waals surface area contributed by atoms with Crippen molar-refractivity contribution in [2.24, 2.45) is 0 Å². The second-order valence-corrected chi connectivity index (χ2v) is 6.04. The Morgan fingerprint density at radius 3 is 2.57 bits per heavy atom. The first kappa shape index (κ1) is 16.0. The lowest BCUT2D eigenvalue weighted by Crippen LogP contribution is -2.38. The third-order valence-electron chi connectivity index (χ3n) is 4.61. The van der Waals surface area contributed by atoms with Crippen molar-refractivity contribution in [2.75, 3.05) is 0 Å². The summed E-state index contributed by atoms with van der Waals surface area (Å²) in [7, 11) is 0. The molecule has 0 atom stereocenters. The molecule has 118 valence electrons. The molecule has 2 rings (SSSR count). The lowest BCUT2D eigenvalue weighted by atomic mass is 9.93. The Bertz CT molecular complexity index is 472. The summed E-state index contributed by atoms with van der Waals surface area (Å²) in [5.74, 6) is -0.0360. The van der Waals surface area contributed by atoms with Crippen LogP contribution in [0.2, 0.25) is 0 Å². The summed E-state index contributed by atoms with van der Waals surface area (Å²) in [5.41, 5.74) is 1.62. The number of nitrogens with one attached hydrogen (secondary N) is 1. The van der Waals surface area contributed by atoms with Crippen LogP contribution in [0.3, 0.4) is 0 Å². The second kappa shape index (κ2) is 7.07. The van der Waals surface area contributed by atoms with Gasteiger partial charge in [0.05, 0.1) is 23.9 Å². The van der Waals surface area contributed by atoms with Gasteiger partial charge in [-0.3, -0.25) is 9.48 Å². The minimum absolute atomic E-state index is 0.0360. The molecule has 0 saturated heterocycles. The van der Waals surface area contributed by atoms with Crippen molar-refractivity contribution >= 4 is 5.91 Å². The van der Waals surface area contributed by atoms with Crippen LogP contribution in [-0.4, -0.2) is 32.9 Å². The van der Waals surface area contributed by atoms with Crippen molar-refractivity contribution in [3.8, 4) is 0 Å². The van der Waals surface area contributed by atoms with Crippen LogP contribution in [0.5, 0.6) is 0 Å². The van der Waals surface area contributed by atoms with Crippen LogP contribution >= 0.6 is 0 Å². The van der Waals surface area contributed by atoms with Gasteiger partial charge in [0.15, 0.2) is 0 Å². The van der Waals surface area contributed by atoms with Gasteiger partial charge >= 0.3 is 0 Å². The molecule has 1 heterocycles. The lowest BCUT2D eigenvalue weighted by Gasteiger charge is -2.26. The van der Waals surface area contributed by atoms with Crippen LogP contribution in [0.1, 0.15) is 74.5 Å². The van der Waals surface area contributed by atoms with Crippen LogP contribution in [0.15, 0.2) is 6.20 Å². The van der Waals surface area contributed by atoms with Crippen LogP contribution in [-0.2, 0) is 0 Å². The number of carbonyl (C=O) groups excluding carboxylic acids is 1. The van der Waals surface area contributed by atoms with E-state index in [1.54, 1.807) is 6.20 Å². The first-order valence-electron chi connectivity index (χ1n) is 8.09. The van der Waals surface area contributed by atoms with E-state index in [2.05, 4.69) is 24.3 Å². The van der Waals surface area contributed by atoms with Gasteiger partial charge in [-0.2, -0.15) is 5.10 Å². The molecule has 0 radical (unpaired) electrons. The number of aromatic nitrogens is 2. The Morgan fingerprint density at radius 1 is 1.38 bits per heavy atom. The van der Waals surface area contributed by atoms with Crippen molar-refractivity contribution in [3.63, 3.8) is 0 Å². The van der Waals surface area contributed by atoms with E-state index in [4.69, 9.17) is 0 Å². The Morgan fingerprint density at radius 2 is 2.00 bits per heavy atom. The molecule has 1 fully saturated rings. The van der Waals surface area contributed by atoms with Gasteiger partial charge in [-0.05, 0) is 45.4 Å². The zero-order valence-electron chi connectivity index (χ0n) is 13.3. The monoisotopic (exact) mass is 293 g/mol. The van der Waals surface area contributed by atoms with Crippen molar-refractivity contribution in [1.82, 2.24) is 15.1 Å². The highest BCUT2D eigenvalue weighted by molar-refractivity contribution is 5.95. The van der Waals surface area contributed by atoms with Crippen LogP contribution < -0.4 is 5.32 Å².